The summed E-state index contributed by atoms with van der Waals surface area (Å²) in [5.74, 6) is 0. The molecule has 0 unspecified atom stereocenters. The Kier molecular flexibility index (Phi) is 2.91. The lowest BCUT2D eigenvalue weighted by molar-refractivity contribution is 1.14. The zero-order valence-electron chi connectivity index (χ0n) is 6.88. The number of hydrogen-bond donors (Lipinski definition) is 0. The normalized spacial score (nSPS) is 9.55. The van der Waals surface area contributed by atoms with Gasteiger partial charge >= 0.3 is 0 Å². The standard InChI is InChI=1S/C11H13/c1-3-7-11-9-6-5-8-10(11)4-2/h3-6,8-9H,2,7H2,1H3. The predicted molar refractivity (Wildman–Crippen MR) is 50.2 cm³/mol. The summed E-state index contributed by atoms with van der Waals surface area (Å²) in [5, 5.41) is 0. The first-order chi connectivity index (χ1) is 5.38. The van der Waals surface area contributed by atoms with Crippen molar-refractivity contribution in [2.45, 2.75) is 13.3 Å². The molecule has 11 heavy (non-hydrogen) atoms. The Morgan fingerprint density at radius 1 is 1.36 bits per heavy atom. The summed E-state index contributed by atoms with van der Waals surface area (Å²) in [6.07, 6.45) is 5.09. The Bertz CT molecular complexity index is 236. The molecule has 0 aliphatic rings. The van der Waals surface area contributed by atoms with Crippen LogP contribution < -0.4 is 0 Å². The largest absolute Gasteiger partial charge is 0.0985 e. The summed E-state index contributed by atoms with van der Waals surface area (Å²) in [5.41, 5.74) is 2.59. The first kappa shape index (κ1) is 8.06. The van der Waals surface area contributed by atoms with E-state index in [0.29, 0.717) is 0 Å². The second kappa shape index (κ2) is 3.97. The molecule has 1 aromatic rings. The van der Waals surface area contributed by atoms with Gasteiger partial charge in [0.15, 0.2) is 0 Å². The second-order valence-corrected chi connectivity index (χ2v) is 2.52. The van der Waals surface area contributed by atoms with Crippen molar-refractivity contribution in [2.24, 2.45) is 0 Å². The van der Waals surface area contributed by atoms with Crippen molar-refractivity contribution in [2.75, 3.05) is 0 Å². The fourth-order valence-corrected chi connectivity index (χ4v) is 1.14. The highest BCUT2D eigenvalue weighted by atomic mass is 14.0. The van der Waals surface area contributed by atoms with Crippen LogP contribution in [0.15, 0.2) is 30.8 Å². The first-order valence-electron chi connectivity index (χ1n) is 3.86. The van der Waals surface area contributed by atoms with E-state index in [0.717, 1.165) is 6.42 Å². The third kappa shape index (κ3) is 1.94. The van der Waals surface area contributed by atoms with Gasteiger partial charge in [-0.2, -0.15) is 0 Å². The van der Waals surface area contributed by atoms with Gasteiger partial charge in [-0.25, -0.2) is 0 Å². The maximum absolute atomic E-state index is 3.76. The summed E-state index contributed by atoms with van der Waals surface area (Å²) in [7, 11) is 0. The third-order valence-electron chi connectivity index (χ3n) is 1.70. The lowest BCUT2D eigenvalue weighted by Crippen LogP contribution is -1.86. The molecule has 0 aliphatic carbocycles. The van der Waals surface area contributed by atoms with Crippen LogP contribution in [0.3, 0.4) is 0 Å². The topological polar surface area (TPSA) is 0 Å². The molecule has 0 aromatic heterocycles. The minimum Gasteiger partial charge on any atom is -0.0985 e. The number of rotatable bonds is 3. The molecule has 0 fully saturated rings. The lowest BCUT2D eigenvalue weighted by atomic mass is 10.0. The molecule has 0 heterocycles. The SMILES string of the molecule is C=Cc1ccccc1C[CH]C. The van der Waals surface area contributed by atoms with Gasteiger partial charge in [-0.1, -0.05) is 43.8 Å². The summed E-state index contributed by atoms with van der Waals surface area (Å²) in [4.78, 5) is 0. The summed E-state index contributed by atoms with van der Waals surface area (Å²) < 4.78 is 0. The van der Waals surface area contributed by atoms with Crippen LogP contribution in [0.4, 0.5) is 0 Å². The molecule has 0 nitrogen and oxygen atoms in total. The molecule has 0 atom stereocenters. The van der Waals surface area contributed by atoms with Gasteiger partial charge in [-0.05, 0) is 24.0 Å². The zero-order chi connectivity index (χ0) is 8.10. The lowest BCUT2D eigenvalue weighted by Gasteiger charge is -2.01. The highest BCUT2D eigenvalue weighted by molar-refractivity contribution is 5.51. The van der Waals surface area contributed by atoms with Crippen molar-refractivity contribution < 1.29 is 0 Å². The minimum absolute atomic E-state index is 1.03. The molecular formula is C11H13. The number of hydrogen-bond acceptors (Lipinski definition) is 0. The average molecular weight is 145 g/mol. The van der Waals surface area contributed by atoms with E-state index in [-0.39, 0.29) is 0 Å². The monoisotopic (exact) mass is 145 g/mol. The van der Waals surface area contributed by atoms with Gasteiger partial charge < -0.3 is 0 Å². The zero-order valence-corrected chi connectivity index (χ0v) is 6.88. The smallest absolute Gasteiger partial charge is 0.0230 e. The quantitative estimate of drug-likeness (QED) is 0.613. The van der Waals surface area contributed by atoms with Crippen molar-refractivity contribution in [3.63, 3.8) is 0 Å². The third-order valence-corrected chi connectivity index (χ3v) is 1.70. The highest BCUT2D eigenvalue weighted by Gasteiger charge is 1.94. The molecule has 0 N–H and O–H groups in total. The van der Waals surface area contributed by atoms with Gasteiger partial charge in [-0.15, -0.1) is 0 Å². The van der Waals surface area contributed by atoms with E-state index >= 15 is 0 Å². The van der Waals surface area contributed by atoms with E-state index in [1.807, 2.05) is 12.1 Å². The number of benzene rings is 1. The van der Waals surface area contributed by atoms with Crippen LogP contribution >= 0.6 is 0 Å². The molecule has 1 radical (unpaired) electrons. The van der Waals surface area contributed by atoms with Crippen molar-refractivity contribution in [1.82, 2.24) is 0 Å². The van der Waals surface area contributed by atoms with Crippen LogP contribution in [0.1, 0.15) is 18.1 Å². The van der Waals surface area contributed by atoms with Crippen LogP contribution in [0.25, 0.3) is 6.08 Å². The summed E-state index contributed by atoms with van der Waals surface area (Å²) in [6, 6.07) is 8.32. The molecule has 0 amide bonds. The van der Waals surface area contributed by atoms with Crippen LogP contribution in [0, 0.1) is 6.42 Å². The van der Waals surface area contributed by atoms with Gasteiger partial charge in [0.25, 0.3) is 0 Å². The van der Waals surface area contributed by atoms with Crippen LogP contribution in [-0.4, -0.2) is 0 Å². The van der Waals surface area contributed by atoms with Crippen molar-refractivity contribution in [3.05, 3.63) is 48.4 Å². The highest BCUT2D eigenvalue weighted by Crippen LogP contribution is 2.11. The Balaban J connectivity index is 2.92. The molecule has 0 heteroatoms. The average Bonchev–Trinajstić information content (AvgIpc) is 2.06. The molecular weight excluding hydrogens is 132 g/mol. The van der Waals surface area contributed by atoms with E-state index in [1.165, 1.54) is 11.1 Å². The molecule has 1 rings (SSSR count). The van der Waals surface area contributed by atoms with Crippen LogP contribution in [0.5, 0.6) is 0 Å². The van der Waals surface area contributed by atoms with Crippen molar-refractivity contribution in [1.29, 1.82) is 0 Å². The Morgan fingerprint density at radius 2 is 2.09 bits per heavy atom. The van der Waals surface area contributed by atoms with Gasteiger partial charge in [-0.3, -0.25) is 0 Å². The minimum atomic E-state index is 1.03. The molecule has 0 spiro atoms. The second-order valence-electron chi connectivity index (χ2n) is 2.52. The molecule has 1 aromatic carbocycles. The van der Waals surface area contributed by atoms with E-state index in [9.17, 15) is 0 Å². The summed E-state index contributed by atoms with van der Waals surface area (Å²) >= 11 is 0. The Morgan fingerprint density at radius 3 is 2.73 bits per heavy atom. The van der Waals surface area contributed by atoms with Crippen molar-refractivity contribution >= 4 is 6.08 Å². The Labute approximate surface area is 68.6 Å². The molecule has 0 saturated carbocycles. The van der Waals surface area contributed by atoms with E-state index in [4.69, 9.17) is 0 Å². The maximum Gasteiger partial charge on any atom is -0.0230 e. The van der Waals surface area contributed by atoms with Crippen LogP contribution in [0.2, 0.25) is 0 Å². The van der Waals surface area contributed by atoms with Gasteiger partial charge in [0.2, 0.25) is 0 Å². The fourth-order valence-electron chi connectivity index (χ4n) is 1.14. The predicted octanol–water partition coefficient (Wildman–Crippen LogP) is 3.10. The molecule has 57 valence electrons. The maximum atomic E-state index is 3.76. The molecule has 0 aliphatic heterocycles. The van der Waals surface area contributed by atoms with Crippen molar-refractivity contribution in [3.8, 4) is 0 Å². The van der Waals surface area contributed by atoms with E-state index in [2.05, 4.69) is 38.1 Å². The fraction of sp³-hybridized carbons (Fsp3) is 0.182. The van der Waals surface area contributed by atoms with Gasteiger partial charge in [0, 0.05) is 0 Å². The van der Waals surface area contributed by atoms with Gasteiger partial charge in [0.05, 0.1) is 0 Å². The molecule has 0 bridgehead atoms. The van der Waals surface area contributed by atoms with Crippen LogP contribution in [-0.2, 0) is 6.42 Å². The first-order valence-corrected chi connectivity index (χ1v) is 3.86. The summed E-state index contributed by atoms with van der Waals surface area (Å²) in [6.45, 7) is 5.83. The molecule has 0 saturated heterocycles. The van der Waals surface area contributed by atoms with Gasteiger partial charge in [0.1, 0.15) is 0 Å². The van der Waals surface area contributed by atoms with E-state index in [1.54, 1.807) is 0 Å². The van der Waals surface area contributed by atoms with E-state index < -0.39 is 0 Å². The Hall–Kier alpha value is -1.04.